The fourth-order valence-corrected chi connectivity index (χ4v) is 2.51. The molecule has 2 rings (SSSR count). The minimum atomic E-state index is -0.344. The molecule has 126 valence electrons. The molecule has 2 aromatic carbocycles. The second-order valence-electron chi connectivity index (χ2n) is 5.77. The van der Waals surface area contributed by atoms with Gasteiger partial charge in [-0.05, 0) is 50.1 Å². The lowest BCUT2D eigenvalue weighted by atomic mass is 10.1. The number of carbonyl (C=O) groups excluding carboxylic acids is 2. The Kier molecular flexibility index (Phi) is 5.99. The standard InChI is InChI=1S/C19H21ClN2O2/c1-4-13(3)21-19(24)15-7-5-6-8-17(15)22-18(23)14-10-9-12(2)11-16(14)20/h5-11,13H,4H2,1-3H3,(H,21,24)(H,22,23). The maximum Gasteiger partial charge on any atom is 0.257 e. The van der Waals surface area contributed by atoms with Gasteiger partial charge in [0.25, 0.3) is 11.8 Å². The van der Waals surface area contributed by atoms with Crippen molar-refractivity contribution < 1.29 is 9.59 Å². The van der Waals surface area contributed by atoms with Gasteiger partial charge < -0.3 is 10.6 Å². The topological polar surface area (TPSA) is 58.2 Å². The predicted molar refractivity (Wildman–Crippen MR) is 97.8 cm³/mol. The number of aryl methyl sites for hydroxylation is 1. The first-order chi connectivity index (χ1) is 11.4. The van der Waals surface area contributed by atoms with Gasteiger partial charge in [0, 0.05) is 6.04 Å². The Bertz CT molecular complexity index is 759. The van der Waals surface area contributed by atoms with Crippen molar-refractivity contribution in [3.63, 3.8) is 0 Å². The van der Waals surface area contributed by atoms with Crippen LogP contribution in [0.4, 0.5) is 5.69 Å². The van der Waals surface area contributed by atoms with Crippen molar-refractivity contribution in [3.8, 4) is 0 Å². The van der Waals surface area contributed by atoms with Gasteiger partial charge in [-0.1, -0.05) is 36.7 Å². The van der Waals surface area contributed by atoms with Crippen LogP contribution >= 0.6 is 11.6 Å². The van der Waals surface area contributed by atoms with Crippen LogP contribution in [0.3, 0.4) is 0 Å². The number of amides is 2. The van der Waals surface area contributed by atoms with Crippen molar-refractivity contribution in [1.82, 2.24) is 5.32 Å². The first-order valence-electron chi connectivity index (χ1n) is 7.89. The Labute approximate surface area is 147 Å². The van der Waals surface area contributed by atoms with E-state index in [9.17, 15) is 9.59 Å². The van der Waals surface area contributed by atoms with Crippen molar-refractivity contribution in [3.05, 3.63) is 64.2 Å². The monoisotopic (exact) mass is 344 g/mol. The molecule has 0 saturated heterocycles. The summed E-state index contributed by atoms with van der Waals surface area (Å²) in [5, 5.41) is 6.06. The SMILES string of the molecule is CCC(C)NC(=O)c1ccccc1NC(=O)c1ccc(C)cc1Cl. The molecule has 0 heterocycles. The van der Waals surface area contributed by atoms with Crippen molar-refractivity contribution >= 4 is 29.1 Å². The molecular formula is C19H21ClN2O2. The van der Waals surface area contributed by atoms with Crippen molar-refractivity contribution in [2.75, 3.05) is 5.32 Å². The predicted octanol–water partition coefficient (Wildman–Crippen LogP) is 4.43. The quantitative estimate of drug-likeness (QED) is 0.843. The third-order valence-corrected chi connectivity index (χ3v) is 4.09. The van der Waals surface area contributed by atoms with Crippen molar-refractivity contribution in [1.29, 1.82) is 0 Å². The van der Waals surface area contributed by atoms with E-state index in [0.717, 1.165) is 12.0 Å². The van der Waals surface area contributed by atoms with E-state index >= 15 is 0 Å². The minimum absolute atomic E-state index is 0.0628. The first-order valence-corrected chi connectivity index (χ1v) is 8.27. The summed E-state index contributed by atoms with van der Waals surface area (Å²) in [4.78, 5) is 24.8. The van der Waals surface area contributed by atoms with E-state index < -0.39 is 0 Å². The van der Waals surface area contributed by atoms with E-state index in [2.05, 4.69) is 10.6 Å². The fraction of sp³-hybridized carbons (Fsp3) is 0.263. The first kappa shape index (κ1) is 18.0. The van der Waals surface area contributed by atoms with E-state index in [1.165, 1.54) is 0 Å². The van der Waals surface area contributed by atoms with E-state index in [1.54, 1.807) is 36.4 Å². The summed E-state index contributed by atoms with van der Waals surface area (Å²) in [6.45, 7) is 5.84. The largest absolute Gasteiger partial charge is 0.350 e. The maximum atomic E-state index is 12.5. The molecule has 2 N–H and O–H groups in total. The number of anilines is 1. The third kappa shape index (κ3) is 4.36. The second kappa shape index (κ2) is 7.97. The average Bonchev–Trinajstić information content (AvgIpc) is 2.54. The number of hydrogen-bond acceptors (Lipinski definition) is 2. The molecule has 2 aromatic rings. The Balaban J connectivity index is 2.23. The number of rotatable bonds is 5. The summed E-state index contributed by atoms with van der Waals surface area (Å²) in [5.74, 6) is -0.556. The van der Waals surface area contributed by atoms with Crippen LogP contribution in [-0.4, -0.2) is 17.9 Å². The summed E-state index contributed by atoms with van der Waals surface area (Å²) < 4.78 is 0. The van der Waals surface area contributed by atoms with Gasteiger partial charge in [-0.15, -0.1) is 0 Å². The number of para-hydroxylation sites is 1. The lowest BCUT2D eigenvalue weighted by Gasteiger charge is -2.15. The van der Waals surface area contributed by atoms with Crippen LogP contribution in [-0.2, 0) is 0 Å². The molecule has 24 heavy (non-hydrogen) atoms. The summed E-state index contributed by atoms with van der Waals surface area (Å²) >= 11 is 6.14. The zero-order valence-corrected chi connectivity index (χ0v) is 14.8. The Hall–Kier alpha value is -2.33. The highest BCUT2D eigenvalue weighted by Gasteiger charge is 2.16. The van der Waals surface area contributed by atoms with Gasteiger partial charge in [-0.2, -0.15) is 0 Å². The lowest BCUT2D eigenvalue weighted by molar-refractivity contribution is 0.0940. The molecule has 1 atom stereocenters. The van der Waals surface area contributed by atoms with Crippen LogP contribution < -0.4 is 10.6 Å². The van der Waals surface area contributed by atoms with E-state index in [-0.39, 0.29) is 17.9 Å². The fourth-order valence-electron chi connectivity index (χ4n) is 2.19. The smallest absolute Gasteiger partial charge is 0.257 e. The highest BCUT2D eigenvalue weighted by atomic mass is 35.5. The average molecular weight is 345 g/mol. The van der Waals surface area contributed by atoms with Crippen LogP contribution in [0, 0.1) is 6.92 Å². The van der Waals surface area contributed by atoms with E-state index in [4.69, 9.17) is 11.6 Å². The molecule has 1 unspecified atom stereocenters. The van der Waals surface area contributed by atoms with Crippen LogP contribution in [0.25, 0.3) is 0 Å². The van der Waals surface area contributed by atoms with Gasteiger partial charge >= 0.3 is 0 Å². The Morgan fingerprint density at radius 1 is 1.08 bits per heavy atom. The van der Waals surface area contributed by atoms with Crippen LogP contribution in [0.2, 0.25) is 5.02 Å². The van der Waals surface area contributed by atoms with Gasteiger partial charge in [0.1, 0.15) is 0 Å². The molecule has 4 nitrogen and oxygen atoms in total. The summed E-state index contributed by atoms with van der Waals surface area (Å²) in [6.07, 6.45) is 0.833. The lowest BCUT2D eigenvalue weighted by Crippen LogP contribution is -2.32. The van der Waals surface area contributed by atoms with Crippen LogP contribution in [0.15, 0.2) is 42.5 Å². The van der Waals surface area contributed by atoms with E-state index in [1.807, 2.05) is 26.8 Å². The summed E-state index contributed by atoms with van der Waals surface area (Å²) in [6, 6.07) is 12.2. The molecular weight excluding hydrogens is 324 g/mol. The molecule has 0 radical (unpaired) electrons. The molecule has 0 bridgehead atoms. The molecule has 0 aromatic heterocycles. The molecule has 2 amide bonds. The van der Waals surface area contributed by atoms with Crippen molar-refractivity contribution in [2.45, 2.75) is 33.2 Å². The molecule has 0 spiro atoms. The van der Waals surface area contributed by atoms with Crippen LogP contribution in [0.1, 0.15) is 46.5 Å². The molecule has 0 fully saturated rings. The maximum absolute atomic E-state index is 12.5. The summed E-state index contributed by atoms with van der Waals surface area (Å²) in [7, 11) is 0. The highest BCUT2D eigenvalue weighted by molar-refractivity contribution is 6.34. The van der Waals surface area contributed by atoms with Crippen LogP contribution in [0.5, 0.6) is 0 Å². The number of carbonyl (C=O) groups is 2. The van der Waals surface area contributed by atoms with Gasteiger partial charge in [0.2, 0.25) is 0 Å². The summed E-state index contributed by atoms with van der Waals surface area (Å²) in [5.41, 5.74) is 2.23. The molecule has 0 aliphatic rings. The number of hydrogen-bond donors (Lipinski definition) is 2. The number of halogens is 1. The third-order valence-electron chi connectivity index (χ3n) is 3.78. The zero-order valence-electron chi connectivity index (χ0n) is 14.0. The molecule has 5 heteroatoms. The second-order valence-corrected chi connectivity index (χ2v) is 6.17. The zero-order chi connectivity index (χ0) is 17.7. The normalized spacial score (nSPS) is 11.7. The van der Waals surface area contributed by atoms with Gasteiger partial charge in [0.05, 0.1) is 21.8 Å². The van der Waals surface area contributed by atoms with Gasteiger partial charge in [0.15, 0.2) is 0 Å². The van der Waals surface area contributed by atoms with Crippen molar-refractivity contribution in [2.24, 2.45) is 0 Å². The Morgan fingerprint density at radius 2 is 1.79 bits per heavy atom. The van der Waals surface area contributed by atoms with Gasteiger partial charge in [-0.3, -0.25) is 9.59 Å². The molecule has 0 aliphatic carbocycles. The van der Waals surface area contributed by atoms with Gasteiger partial charge in [-0.25, -0.2) is 0 Å². The number of benzene rings is 2. The highest BCUT2D eigenvalue weighted by Crippen LogP contribution is 2.21. The molecule has 0 saturated carbocycles. The van der Waals surface area contributed by atoms with E-state index in [0.29, 0.717) is 21.8 Å². The molecule has 0 aliphatic heterocycles. The minimum Gasteiger partial charge on any atom is -0.350 e. The number of nitrogens with one attached hydrogen (secondary N) is 2. The Morgan fingerprint density at radius 3 is 2.46 bits per heavy atom.